The zero-order chi connectivity index (χ0) is 21.0. The largest absolute Gasteiger partial charge is 0.491 e. The van der Waals surface area contributed by atoms with Crippen LogP contribution in [0, 0.1) is 0 Å². The fourth-order valence-electron chi connectivity index (χ4n) is 2.87. The molecule has 2 aromatic rings. The second-order valence-corrected chi connectivity index (χ2v) is 6.46. The molecule has 1 aliphatic rings. The van der Waals surface area contributed by atoms with Crippen LogP contribution in [-0.4, -0.2) is 53.9 Å². The lowest BCUT2D eigenvalue weighted by atomic mass is 10.1. The minimum atomic E-state index is -1.19. The molecule has 1 unspecified atom stereocenters. The van der Waals surface area contributed by atoms with Crippen LogP contribution in [0.2, 0.25) is 0 Å². The molecule has 1 aliphatic heterocycles. The first-order valence-corrected chi connectivity index (χ1v) is 9.18. The third kappa shape index (κ3) is 4.13. The van der Waals surface area contributed by atoms with Crippen molar-refractivity contribution in [1.82, 2.24) is 0 Å². The van der Waals surface area contributed by atoms with Gasteiger partial charge >= 0.3 is 5.97 Å². The average Bonchev–Trinajstić information content (AvgIpc) is 3.00. The van der Waals surface area contributed by atoms with E-state index in [1.54, 1.807) is 24.3 Å². The summed E-state index contributed by atoms with van der Waals surface area (Å²) in [6.07, 6.45) is -0.480. The van der Waals surface area contributed by atoms with Crippen LogP contribution in [0.5, 0.6) is 5.75 Å². The Morgan fingerprint density at radius 1 is 1.10 bits per heavy atom. The molecular formula is C21H21NO7. The van der Waals surface area contributed by atoms with Gasteiger partial charge in [-0.2, -0.15) is 0 Å². The van der Waals surface area contributed by atoms with Gasteiger partial charge in [0.15, 0.2) is 0 Å². The summed E-state index contributed by atoms with van der Waals surface area (Å²) < 4.78 is 10.6. The first-order valence-electron chi connectivity index (χ1n) is 9.18. The minimum Gasteiger partial charge on any atom is -0.491 e. The molecule has 0 fully saturated rings. The van der Waals surface area contributed by atoms with Gasteiger partial charge < -0.3 is 19.7 Å². The SMILES string of the molecule is CCCOc1ccc(C(=O)OCC(O)CO)cc1N1C(=O)c2ccccc2C1=O. The van der Waals surface area contributed by atoms with Gasteiger partial charge in [-0.1, -0.05) is 19.1 Å². The number of ether oxygens (including phenoxy) is 2. The highest BCUT2D eigenvalue weighted by molar-refractivity contribution is 6.35. The summed E-state index contributed by atoms with van der Waals surface area (Å²) in [6.45, 7) is 1.35. The highest BCUT2D eigenvalue weighted by atomic mass is 16.5. The second kappa shape index (κ2) is 8.85. The molecular weight excluding hydrogens is 378 g/mol. The van der Waals surface area contributed by atoms with E-state index in [9.17, 15) is 19.5 Å². The predicted octanol–water partition coefficient (Wildman–Crippen LogP) is 1.79. The van der Waals surface area contributed by atoms with Gasteiger partial charge in [0, 0.05) is 0 Å². The Bertz CT molecular complexity index is 905. The van der Waals surface area contributed by atoms with Gasteiger partial charge in [0.25, 0.3) is 11.8 Å². The topological polar surface area (TPSA) is 113 Å². The summed E-state index contributed by atoms with van der Waals surface area (Å²) in [6, 6.07) is 10.8. The van der Waals surface area contributed by atoms with Crippen molar-refractivity contribution in [2.24, 2.45) is 0 Å². The number of aliphatic hydroxyl groups is 2. The van der Waals surface area contributed by atoms with Crippen LogP contribution in [0.15, 0.2) is 42.5 Å². The Kier molecular flexibility index (Phi) is 6.26. The zero-order valence-electron chi connectivity index (χ0n) is 15.8. The van der Waals surface area contributed by atoms with Crippen LogP contribution in [0.1, 0.15) is 44.4 Å². The Hall–Kier alpha value is -3.23. The summed E-state index contributed by atoms with van der Waals surface area (Å²) >= 11 is 0. The van der Waals surface area contributed by atoms with Crippen molar-refractivity contribution in [2.75, 3.05) is 24.7 Å². The van der Waals surface area contributed by atoms with Crippen LogP contribution in [0.4, 0.5) is 5.69 Å². The van der Waals surface area contributed by atoms with Gasteiger partial charge in [-0.15, -0.1) is 0 Å². The Morgan fingerprint density at radius 3 is 2.34 bits per heavy atom. The van der Waals surface area contributed by atoms with Gasteiger partial charge in [0.1, 0.15) is 18.5 Å². The fourth-order valence-corrected chi connectivity index (χ4v) is 2.87. The molecule has 0 aliphatic carbocycles. The highest BCUT2D eigenvalue weighted by Crippen LogP contribution is 2.36. The van der Waals surface area contributed by atoms with Gasteiger partial charge in [-0.05, 0) is 36.8 Å². The number of carbonyl (C=O) groups is 3. The Morgan fingerprint density at radius 2 is 1.76 bits per heavy atom. The molecule has 1 heterocycles. The normalized spacial score (nSPS) is 14.0. The maximum absolute atomic E-state index is 12.8. The quantitative estimate of drug-likeness (QED) is 0.514. The summed E-state index contributed by atoms with van der Waals surface area (Å²) in [5.41, 5.74) is 0.767. The number of imide groups is 1. The van der Waals surface area contributed by atoms with Gasteiger partial charge in [-0.25, -0.2) is 9.69 Å². The van der Waals surface area contributed by atoms with E-state index in [0.717, 1.165) is 4.90 Å². The summed E-state index contributed by atoms with van der Waals surface area (Å²) in [7, 11) is 0. The number of esters is 1. The standard InChI is InChI=1S/C21H21NO7/c1-2-9-28-18-8-7-13(21(27)29-12-14(24)11-23)10-17(18)22-19(25)15-5-3-4-6-16(15)20(22)26/h3-8,10,14,23-24H,2,9,11-12H2,1H3. The summed E-state index contributed by atoms with van der Waals surface area (Å²) in [5, 5.41) is 18.2. The van der Waals surface area contributed by atoms with Crippen LogP contribution < -0.4 is 9.64 Å². The molecule has 2 amide bonds. The van der Waals surface area contributed by atoms with E-state index in [4.69, 9.17) is 14.6 Å². The fraction of sp³-hybridized carbons (Fsp3) is 0.286. The predicted molar refractivity (Wildman–Crippen MR) is 103 cm³/mol. The maximum atomic E-state index is 12.8. The first-order chi connectivity index (χ1) is 14.0. The van der Waals surface area contributed by atoms with E-state index < -0.39 is 30.5 Å². The van der Waals surface area contributed by atoms with Crippen LogP contribution >= 0.6 is 0 Å². The van der Waals surface area contributed by atoms with E-state index in [1.807, 2.05) is 6.92 Å². The van der Waals surface area contributed by atoms with E-state index in [-0.39, 0.29) is 34.7 Å². The number of fused-ring (bicyclic) bond motifs is 1. The lowest BCUT2D eigenvalue weighted by Crippen LogP contribution is -2.30. The van der Waals surface area contributed by atoms with E-state index >= 15 is 0 Å². The highest BCUT2D eigenvalue weighted by Gasteiger charge is 2.38. The molecule has 29 heavy (non-hydrogen) atoms. The number of rotatable bonds is 8. The third-order valence-corrected chi connectivity index (χ3v) is 4.31. The average molecular weight is 399 g/mol. The first kappa shape index (κ1) is 20.5. The maximum Gasteiger partial charge on any atom is 0.338 e. The summed E-state index contributed by atoms with van der Waals surface area (Å²) in [5.74, 6) is -1.49. The van der Waals surface area contributed by atoms with Crippen molar-refractivity contribution in [3.63, 3.8) is 0 Å². The number of carbonyl (C=O) groups excluding carboxylic acids is 3. The van der Waals surface area contributed by atoms with E-state index in [2.05, 4.69) is 0 Å². The molecule has 2 aromatic carbocycles. The van der Waals surface area contributed by atoms with E-state index in [1.165, 1.54) is 18.2 Å². The van der Waals surface area contributed by atoms with Crippen molar-refractivity contribution in [2.45, 2.75) is 19.4 Å². The molecule has 8 heteroatoms. The monoisotopic (exact) mass is 399 g/mol. The number of anilines is 1. The minimum absolute atomic E-state index is 0.0746. The molecule has 1 atom stereocenters. The Balaban J connectivity index is 1.96. The van der Waals surface area contributed by atoms with Crippen molar-refractivity contribution in [3.05, 3.63) is 59.2 Å². The van der Waals surface area contributed by atoms with Crippen LogP contribution in [0.3, 0.4) is 0 Å². The lowest BCUT2D eigenvalue weighted by molar-refractivity contribution is 0.00932. The van der Waals surface area contributed by atoms with Crippen molar-refractivity contribution in [3.8, 4) is 5.75 Å². The van der Waals surface area contributed by atoms with Crippen molar-refractivity contribution in [1.29, 1.82) is 0 Å². The number of aliphatic hydroxyl groups excluding tert-OH is 2. The lowest BCUT2D eigenvalue weighted by Gasteiger charge is -2.19. The molecule has 0 aromatic heterocycles. The van der Waals surface area contributed by atoms with Crippen molar-refractivity contribution >= 4 is 23.5 Å². The van der Waals surface area contributed by atoms with Crippen LogP contribution in [0.25, 0.3) is 0 Å². The zero-order valence-corrected chi connectivity index (χ0v) is 15.8. The molecule has 8 nitrogen and oxygen atoms in total. The Labute approximate surface area is 167 Å². The molecule has 3 rings (SSSR count). The molecule has 0 bridgehead atoms. The molecule has 0 radical (unpaired) electrons. The molecule has 0 saturated carbocycles. The number of amides is 2. The number of hydrogen-bond donors (Lipinski definition) is 2. The third-order valence-electron chi connectivity index (χ3n) is 4.31. The number of benzene rings is 2. The molecule has 0 saturated heterocycles. The molecule has 0 spiro atoms. The number of hydrogen-bond acceptors (Lipinski definition) is 7. The molecule has 152 valence electrons. The van der Waals surface area contributed by atoms with Crippen LogP contribution in [-0.2, 0) is 4.74 Å². The molecule has 2 N–H and O–H groups in total. The van der Waals surface area contributed by atoms with Gasteiger partial charge in [0.2, 0.25) is 0 Å². The van der Waals surface area contributed by atoms with Crippen molar-refractivity contribution < 1.29 is 34.1 Å². The number of nitrogens with zero attached hydrogens (tertiary/aromatic N) is 1. The van der Waals surface area contributed by atoms with E-state index in [0.29, 0.717) is 13.0 Å². The van der Waals surface area contributed by atoms with Gasteiger partial charge in [0.05, 0.1) is 35.6 Å². The summed E-state index contributed by atoms with van der Waals surface area (Å²) in [4.78, 5) is 39.0. The smallest absolute Gasteiger partial charge is 0.338 e. The van der Waals surface area contributed by atoms with Gasteiger partial charge in [-0.3, -0.25) is 9.59 Å². The second-order valence-electron chi connectivity index (χ2n) is 6.46.